The number of fused-ring (bicyclic) bond motifs is 2. The van der Waals surface area contributed by atoms with Gasteiger partial charge in [0.2, 0.25) is 5.95 Å². The molecule has 5 heterocycles. The molecule has 190 valence electrons. The summed E-state index contributed by atoms with van der Waals surface area (Å²) in [5.41, 5.74) is 4.12. The number of rotatable bonds is 6. The van der Waals surface area contributed by atoms with Crippen LogP contribution in [0.15, 0.2) is 30.6 Å². The van der Waals surface area contributed by atoms with Crippen LogP contribution in [0.3, 0.4) is 0 Å². The molecule has 1 aliphatic carbocycles. The molecule has 10 heteroatoms. The van der Waals surface area contributed by atoms with Gasteiger partial charge in [0, 0.05) is 50.0 Å². The van der Waals surface area contributed by atoms with E-state index in [9.17, 15) is 4.39 Å². The SMILES string of the molecule is Cc1nc2ccc(-c3ccn4nc(N[C@H]5CC[C@@H](N6CCN(C)CC6)CC5)ncc34)nc2n1CCF. The smallest absolute Gasteiger partial charge is 0.241 e. The first kappa shape index (κ1) is 23.3. The molecule has 0 radical (unpaired) electrons. The van der Waals surface area contributed by atoms with Crippen LogP contribution in [-0.2, 0) is 6.54 Å². The van der Waals surface area contributed by atoms with E-state index < -0.39 is 6.67 Å². The molecule has 2 aliphatic rings. The third-order valence-electron chi connectivity index (χ3n) is 7.87. The van der Waals surface area contributed by atoms with Gasteiger partial charge in [0.15, 0.2) is 5.65 Å². The predicted molar refractivity (Wildman–Crippen MR) is 139 cm³/mol. The number of imidazole rings is 1. The molecule has 2 fully saturated rings. The van der Waals surface area contributed by atoms with Crippen molar-refractivity contribution in [3.05, 3.63) is 36.4 Å². The van der Waals surface area contributed by atoms with Crippen molar-refractivity contribution in [2.24, 2.45) is 0 Å². The number of hydrogen-bond donors (Lipinski definition) is 1. The van der Waals surface area contributed by atoms with E-state index in [0.29, 0.717) is 23.7 Å². The Labute approximate surface area is 210 Å². The second kappa shape index (κ2) is 9.74. The summed E-state index contributed by atoms with van der Waals surface area (Å²) < 4.78 is 16.7. The lowest BCUT2D eigenvalue weighted by Crippen LogP contribution is -2.50. The minimum Gasteiger partial charge on any atom is -0.350 e. The zero-order chi connectivity index (χ0) is 24.6. The molecule has 0 unspecified atom stereocenters. The van der Waals surface area contributed by atoms with Gasteiger partial charge in [0.05, 0.1) is 24.0 Å². The molecular weight excluding hydrogens is 457 g/mol. The third-order valence-corrected chi connectivity index (χ3v) is 7.87. The molecule has 6 rings (SSSR count). The lowest BCUT2D eigenvalue weighted by molar-refractivity contribution is 0.0893. The molecule has 0 atom stereocenters. The first-order valence-electron chi connectivity index (χ1n) is 13.0. The Morgan fingerprint density at radius 2 is 1.83 bits per heavy atom. The average Bonchev–Trinajstić information content (AvgIpc) is 3.45. The molecule has 0 aromatic carbocycles. The van der Waals surface area contributed by atoms with Crippen molar-refractivity contribution >= 4 is 22.6 Å². The first-order chi connectivity index (χ1) is 17.6. The minimum absolute atomic E-state index is 0.255. The van der Waals surface area contributed by atoms with Gasteiger partial charge in [-0.1, -0.05) is 0 Å². The van der Waals surface area contributed by atoms with E-state index in [1.807, 2.05) is 46.6 Å². The average molecular weight is 492 g/mol. The van der Waals surface area contributed by atoms with Gasteiger partial charge in [0.1, 0.15) is 18.0 Å². The van der Waals surface area contributed by atoms with Crippen molar-refractivity contribution in [3.63, 3.8) is 0 Å². The Morgan fingerprint density at radius 3 is 2.61 bits per heavy atom. The van der Waals surface area contributed by atoms with Gasteiger partial charge < -0.3 is 14.8 Å². The van der Waals surface area contributed by atoms with E-state index in [4.69, 9.17) is 10.1 Å². The van der Waals surface area contributed by atoms with Crippen LogP contribution in [0.2, 0.25) is 0 Å². The maximum Gasteiger partial charge on any atom is 0.241 e. The molecule has 4 aromatic rings. The summed E-state index contributed by atoms with van der Waals surface area (Å²) in [6, 6.07) is 7.02. The summed E-state index contributed by atoms with van der Waals surface area (Å²) in [4.78, 5) is 19.1. The Hall–Kier alpha value is -3.11. The second-order valence-electron chi connectivity index (χ2n) is 10.2. The largest absolute Gasteiger partial charge is 0.350 e. The quantitative estimate of drug-likeness (QED) is 0.443. The normalized spacial score (nSPS) is 22.0. The number of nitrogens with one attached hydrogen (secondary N) is 1. The number of pyridine rings is 1. The summed E-state index contributed by atoms with van der Waals surface area (Å²) >= 11 is 0. The van der Waals surface area contributed by atoms with E-state index >= 15 is 0 Å². The molecule has 1 saturated carbocycles. The topological polar surface area (TPSA) is 79.4 Å². The number of anilines is 1. The summed E-state index contributed by atoms with van der Waals surface area (Å²) in [6.07, 6.45) is 8.54. The number of nitrogens with zero attached hydrogens (tertiary/aromatic N) is 8. The first-order valence-corrected chi connectivity index (χ1v) is 13.0. The Balaban J connectivity index is 1.15. The van der Waals surface area contributed by atoms with Gasteiger partial charge in [-0.3, -0.25) is 4.90 Å². The summed E-state index contributed by atoms with van der Waals surface area (Å²) in [6.45, 7) is 6.42. The van der Waals surface area contributed by atoms with Crippen LogP contribution in [0.1, 0.15) is 31.5 Å². The Kier molecular flexibility index (Phi) is 6.30. The number of aromatic nitrogens is 6. The van der Waals surface area contributed by atoms with E-state index in [0.717, 1.165) is 41.0 Å². The lowest BCUT2D eigenvalue weighted by Gasteiger charge is -2.41. The summed E-state index contributed by atoms with van der Waals surface area (Å²) in [5, 5.41) is 8.30. The molecule has 0 bridgehead atoms. The number of piperazine rings is 1. The monoisotopic (exact) mass is 491 g/mol. The molecule has 9 nitrogen and oxygen atoms in total. The molecule has 1 aliphatic heterocycles. The predicted octanol–water partition coefficient (Wildman–Crippen LogP) is 3.39. The van der Waals surface area contributed by atoms with Crippen LogP contribution in [0.4, 0.5) is 10.3 Å². The van der Waals surface area contributed by atoms with Crippen LogP contribution in [0, 0.1) is 6.92 Å². The number of aryl methyl sites for hydroxylation is 2. The van der Waals surface area contributed by atoms with Crippen LogP contribution < -0.4 is 5.32 Å². The van der Waals surface area contributed by atoms with E-state index in [1.165, 1.54) is 39.0 Å². The van der Waals surface area contributed by atoms with Crippen molar-refractivity contribution in [2.75, 3.05) is 45.2 Å². The fraction of sp³-hybridized carbons (Fsp3) is 0.538. The van der Waals surface area contributed by atoms with Crippen molar-refractivity contribution in [1.82, 2.24) is 38.9 Å². The highest BCUT2D eigenvalue weighted by atomic mass is 19.1. The van der Waals surface area contributed by atoms with Gasteiger partial charge in [-0.25, -0.2) is 23.9 Å². The highest BCUT2D eigenvalue weighted by Gasteiger charge is 2.28. The van der Waals surface area contributed by atoms with E-state index in [1.54, 1.807) is 0 Å². The molecule has 1 N–H and O–H groups in total. The van der Waals surface area contributed by atoms with Gasteiger partial charge >= 0.3 is 0 Å². The molecule has 0 spiro atoms. The zero-order valence-electron chi connectivity index (χ0n) is 21.1. The fourth-order valence-corrected chi connectivity index (χ4v) is 5.76. The van der Waals surface area contributed by atoms with Gasteiger partial charge in [-0.15, -0.1) is 5.10 Å². The van der Waals surface area contributed by atoms with E-state index in [-0.39, 0.29) is 6.54 Å². The second-order valence-corrected chi connectivity index (χ2v) is 10.2. The third kappa shape index (κ3) is 4.43. The lowest BCUT2D eigenvalue weighted by atomic mass is 9.90. The summed E-state index contributed by atoms with van der Waals surface area (Å²) in [7, 11) is 2.21. The van der Waals surface area contributed by atoms with Crippen molar-refractivity contribution in [1.29, 1.82) is 0 Å². The highest BCUT2D eigenvalue weighted by Crippen LogP contribution is 2.28. The van der Waals surface area contributed by atoms with Crippen molar-refractivity contribution in [3.8, 4) is 11.3 Å². The van der Waals surface area contributed by atoms with Crippen LogP contribution in [0.25, 0.3) is 27.9 Å². The number of likely N-dealkylation sites (N-methyl/N-ethyl adjacent to an activating group) is 1. The van der Waals surface area contributed by atoms with Crippen LogP contribution in [-0.4, -0.2) is 90.9 Å². The van der Waals surface area contributed by atoms with Gasteiger partial charge in [0.25, 0.3) is 0 Å². The number of alkyl halides is 1. The fourth-order valence-electron chi connectivity index (χ4n) is 5.76. The van der Waals surface area contributed by atoms with Gasteiger partial charge in [-0.05, 0) is 57.9 Å². The standard InChI is InChI=1S/C26H34FN9/c1-18-29-23-8-7-22(31-25(23)35(18)12-10-27)21-9-11-36-24(21)17-28-26(32-36)30-19-3-5-20(6-4-19)34-15-13-33(2)14-16-34/h7-9,11,17,19-20H,3-6,10,12-16H2,1-2H3,(H,30,32)/t19-,20+. The Bertz CT molecular complexity index is 1350. The maximum absolute atomic E-state index is 13.1. The molecule has 0 amide bonds. The van der Waals surface area contributed by atoms with Crippen LogP contribution in [0.5, 0.6) is 0 Å². The maximum atomic E-state index is 13.1. The van der Waals surface area contributed by atoms with Crippen LogP contribution >= 0.6 is 0 Å². The zero-order valence-corrected chi connectivity index (χ0v) is 21.1. The van der Waals surface area contributed by atoms with E-state index in [2.05, 4.69) is 32.1 Å². The molecule has 36 heavy (non-hydrogen) atoms. The number of halogens is 1. The molecule has 1 saturated heterocycles. The highest BCUT2D eigenvalue weighted by molar-refractivity contribution is 5.82. The molecule has 4 aromatic heterocycles. The van der Waals surface area contributed by atoms with Crippen molar-refractivity contribution < 1.29 is 4.39 Å². The Morgan fingerprint density at radius 1 is 1.03 bits per heavy atom. The van der Waals surface area contributed by atoms with Crippen molar-refractivity contribution in [2.45, 2.75) is 51.2 Å². The minimum atomic E-state index is -0.450. The summed E-state index contributed by atoms with van der Waals surface area (Å²) in [5.74, 6) is 1.43. The van der Waals surface area contributed by atoms with Gasteiger partial charge in [-0.2, -0.15) is 0 Å². The molecular formula is C26H34FN9. The number of hydrogen-bond acceptors (Lipinski definition) is 7.